The zero-order valence-corrected chi connectivity index (χ0v) is 14.2. The van der Waals surface area contributed by atoms with Gasteiger partial charge in [-0.15, -0.1) is 0 Å². The van der Waals surface area contributed by atoms with Gasteiger partial charge in [-0.3, -0.25) is 4.90 Å². The van der Waals surface area contributed by atoms with E-state index in [0.29, 0.717) is 0 Å². The third-order valence-corrected chi connectivity index (χ3v) is 3.59. The first-order valence-corrected chi connectivity index (χ1v) is 7.47. The Hall–Kier alpha value is -1.59. The fourth-order valence-corrected chi connectivity index (χ4v) is 2.33. The fourth-order valence-electron chi connectivity index (χ4n) is 2.33. The summed E-state index contributed by atoms with van der Waals surface area (Å²) >= 11 is 0. The van der Waals surface area contributed by atoms with Crippen molar-refractivity contribution in [3.8, 4) is 0 Å². The molecule has 6 heteroatoms. The summed E-state index contributed by atoms with van der Waals surface area (Å²) in [6.07, 6.45) is 0.975. The summed E-state index contributed by atoms with van der Waals surface area (Å²) in [7, 11) is 0. The first kappa shape index (κ1) is 18.5. The average Bonchev–Trinajstić information content (AvgIpc) is 2.57. The molecular formula is C16H26FNO4. The molecule has 0 aromatic rings. The number of halogens is 1. The number of ether oxygens (including phenoxy) is 2. The van der Waals surface area contributed by atoms with Crippen LogP contribution in [-0.2, 0) is 14.3 Å². The Bertz CT molecular complexity index is 454. The lowest BCUT2D eigenvalue weighted by Gasteiger charge is -2.31. The molecule has 1 heterocycles. The van der Waals surface area contributed by atoms with E-state index in [9.17, 15) is 14.0 Å². The highest BCUT2D eigenvalue weighted by molar-refractivity contribution is 5.82. The van der Waals surface area contributed by atoms with Gasteiger partial charge in [0.15, 0.2) is 0 Å². The molecule has 2 atom stereocenters. The van der Waals surface area contributed by atoms with E-state index in [0.717, 1.165) is 0 Å². The molecule has 22 heavy (non-hydrogen) atoms. The first-order valence-electron chi connectivity index (χ1n) is 7.47. The lowest BCUT2D eigenvalue weighted by atomic mass is 9.83. The van der Waals surface area contributed by atoms with Gasteiger partial charge in [0.25, 0.3) is 0 Å². The predicted octanol–water partition coefficient (Wildman–Crippen LogP) is 3.09. The molecule has 0 aliphatic carbocycles. The smallest absolute Gasteiger partial charge is 0.410 e. The lowest BCUT2D eigenvalue weighted by molar-refractivity contribution is -0.137. The third kappa shape index (κ3) is 4.45. The Labute approximate surface area is 131 Å². The van der Waals surface area contributed by atoms with Crippen molar-refractivity contribution in [3.63, 3.8) is 0 Å². The van der Waals surface area contributed by atoms with Crippen LogP contribution in [0.2, 0.25) is 0 Å². The second-order valence-corrected chi connectivity index (χ2v) is 6.98. The number of rotatable bonds is 3. The molecule has 5 nitrogen and oxygen atoms in total. The van der Waals surface area contributed by atoms with Crippen LogP contribution in [0.1, 0.15) is 41.5 Å². The summed E-state index contributed by atoms with van der Waals surface area (Å²) in [6.45, 7) is 10.6. The molecule has 0 spiro atoms. The molecule has 0 N–H and O–H groups in total. The van der Waals surface area contributed by atoms with E-state index < -0.39 is 35.3 Å². The monoisotopic (exact) mass is 315 g/mol. The molecule has 126 valence electrons. The van der Waals surface area contributed by atoms with E-state index in [-0.39, 0.29) is 13.2 Å². The summed E-state index contributed by atoms with van der Waals surface area (Å²) in [5.41, 5.74) is -1.47. The highest BCUT2D eigenvalue weighted by atomic mass is 19.1. The normalized spacial score (nSPS) is 24.6. The Morgan fingerprint density at radius 2 is 1.95 bits per heavy atom. The number of carbonyl (C=O) groups is 2. The van der Waals surface area contributed by atoms with Gasteiger partial charge in [-0.25, -0.2) is 14.0 Å². The minimum Gasteiger partial charge on any atom is -0.463 e. The van der Waals surface area contributed by atoms with Gasteiger partial charge in [-0.05, 0) is 27.7 Å². The maximum Gasteiger partial charge on any atom is 0.410 e. The van der Waals surface area contributed by atoms with Crippen molar-refractivity contribution >= 4 is 12.1 Å². The molecule has 1 rings (SSSR count). The van der Waals surface area contributed by atoms with Crippen LogP contribution in [0.15, 0.2) is 12.2 Å². The van der Waals surface area contributed by atoms with Crippen molar-refractivity contribution < 1.29 is 23.5 Å². The molecule has 1 aliphatic heterocycles. The topological polar surface area (TPSA) is 55.8 Å². The van der Waals surface area contributed by atoms with Crippen LogP contribution in [0.25, 0.3) is 0 Å². The van der Waals surface area contributed by atoms with Crippen LogP contribution in [0.4, 0.5) is 9.18 Å². The molecule has 0 saturated carbocycles. The number of amides is 1. The van der Waals surface area contributed by atoms with Gasteiger partial charge in [0.1, 0.15) is 11.8 Å². The minimum absolute atomic E-state index is 0.0558. The van der Waals surface area contributed by atoms with Gasteiger partial charge < -0.3 is 9.47 Å². The first-order chi connectivity index (χ1) is 9.99. The lowest BCUT2D eigenvalue weighted by Crippen LogP contribution is -2.42. The molecule has 0 bridgehead atoms. The summed E-state index contributed by atoms with van der Waals surface area (Å²) in [5, 5.41) is 0. The molecule has 1 saturated heterocycles. The SMILES string of the molecule is CCOC(=O)C=CC1N(C(=O)OC(C)(C)C)CC(F)C1(C)C. The standard InChI is InChI=1S/C16H26FNO4/c1-7-21-13(19)9-8-12-16(5,6)11(17)10-18(12)14(20)22-15(2,3)4/h8-9,11-12H,7,10H2,1-6H3. The second-order valence-electron chi connectivity index (χ2n) is 6.98. The average molecular weight is 315 g/mol. The largest absolute Gasteiger partial charge is 0.463 e. The number of carbonyl (C=O) groups excluding carboxylic acids is 2. The molecule has 0 aromatic carbocycles. The molecule has 1 aliphatic rings. The van der Waals surface area contributed by atoms with Crippen LogP contribution >= 0.6 is 0 Å². The maximum atomic E-state index is 14.3. The highest BCUT2D eigenvalue weighted by Gasteiger charge is 2.50. The molecule has 1 amide bonds. The van der Waals surface area contributed by atoms with Crippen molar-refractivity contribution in [1.29, 1.82) is 0 Å². The third-order valence-electron chi connectivity index (χ3n) is 3.59. The van der Waals surface area contributed by atoms with Gasteiger partial charge in [0.05, 0.1) is 19.2 Å². The van der Waals surface area contributed by atoms with Gasteiger partial charge >= 0.3 is 12.1 Å². The van der Waals surface area contributed by atoms with E-state index in [2.05, 4.69) is 0 Å². The molecule has 2 unspecified atom stereocenters. The number of likely N-dealkylation sites (tertiary alicyclic amines) is 1. The summed E-state index contributed by atoms with van der Waals surface area (Å²) in [4.78, 5) is 25.0. The fraction of sp³-hybridized carbons (Fsp3) is 0.750. The minimum atomic E-state index is -1.20. The van der Waals surface area contributed by atoms with Crippen molar-refractivity contribution in [1.82, 2.24) is 4.90 Å². The number of hydrogen-bond donors (Lipinski definition) is 0. The van der Waals surface area contributed by atoms with E-state index in [4.69, 9.17) is 9.47 Å². The van der Waals surface area contributed by atoms with Crippen LogP contribution in [0.3, 0.4) is 0 Å². The van der Waals surface area contributed by atoms with Gasteiger partial charge in [-0.2, -0.15) is 0 Å². The maximum absolute atomic E-state index is 14.3. The Balaban J connectivity index is 2.95. The summed E-state index contributed by atoms with van der Waals surface area (Å²) in [5.74, 6) is -0.509. The zero-order chi connectivity index (χ0) is 17.1. The van der Waals surface area contributed by atoms with Gasteiger partial charge in [0.2, 0.25) is 0 Å². The number of hydrogen-bond acceptors (Lipinski definition) is 4. The Kier molecular flexibility index (Phi) is 5.59. The molecule has 0 radical (unpaired) electrons. The second kappa shape index (κ2) is 6.67. The number of alkyl halides is 1. The van der Waals surface area contributed by atoms with Gasteiger partial charge in [0, 0.05) is 11.5 Å². The molecule has 0 aromatic heterocycles. The zero-order valence-electron chi connectivity index (χ0n) is 14.2. The van der Waals surface area contributed by atoms with E-state index in [1.165, 1.54) is 17.1 Å². The highest BCUT2D eigenvalue weighted by Crippen LogP contribution is 2.39. The van der Waals surface area contributed by atoms with E-state index in [1.54, 1.807) is 41.5 Å². The van der Waals surface area contributed by atoms with E-state index >= 15 is 0 Å². The summed E-state index contributed by atoms with van der Waals surface area (Å²) in [6, 6.07) is -0.568. The van der Waals surface area contributed by atoms with Crippen molar-refractivity contribution in [2.75, 3.05) is 13.2 Å². The Morgan fingerprint density at radius 3 is 2.45 bits per heavy atom. The number of esters is 1. The molecule has 1 fully saturated rings. The summed E-state index contributed by atoms with van der Waals surface area (Å²) < 4.78 is 24.4. The quantitative estimate of drug-likeness (QED) is 0.593. The van der Waals surface area contributed by atoms with Crippen molar-refractivity contribution in [2.45, 2.75) is 59.4 Å². The van der Waals surface area contributed by atoms with Crippen LogP contribution in [0.5, 0.6) is 0 Å². The van der Waals surface area contributed by atoms with Crippen molar-refractivity contribution in [3.05, 3.63) is 12.2 Å². The van der Waals surface area contributed by atoms with E-state index in [1.807, 2.05) is 0 Å². The van der Waals surface area contributed by atoms with Crippen molar-refractivity contribution in [2.24, 2.45) is 5.41 Å². The molecular weight excluding hydrogens is 289 g/mol. The predicted molar refractivity (Wildman–Crippen MR) is 81.2 cm³/mol. The Morgan fingerprint density at radius 1 is 1.36 bits per heavy atom. The van der Waals surface area contributed by atoms with Gasteiger partial charge in [-0.1, -0.05) is 19.9 Å². The van der Waals surface area contributed by atoms with Crippen LogP contribution in [-0.4, -0.2) is 47.9 Å². The number of nitrogens with zero attached hydrogens (tertiary/aromatic N) is 1. The van der Waals surface area contributed by atoms with Crippen LogP contribution < -0.4 is 0 Å². The van der Waals surface area contributed by atoms with Crippen LogP contribution in [0, 0.1) is 5.41 Å².